The van der Waals surface area contributed by atoms with Crippen molar-refractivity contribution in [3.63, 3.8) is 0 Å². The van der Waals surface area contributed by atoms with Gasteiger partial charge in [-0.2, -0.15) is 48.1 Å². The van der Waals surface area contributed by atoms with Crippen molar-refractivity contribution < 1.29 is 29.1 Å². The molecule has 25 heavy (non-hydrogen) atoms. The van der Waals surface area contributed by atoms with E-state index in [0.29, 0.717) is 0 Å². The van der Waals surface area contributed by atoms with Crippen molar-refractivity contribution in [2.75, 3.05) is 11.9 Å². The predicted octanol–water partition coefficient (Wildman–Crippen LogP) is 2.84. The summed E-state index contributed by atoms with van der Waals surface area (Å²) in [4.78, 5) is 7.73. The third kappa shape index (κ3) is 5.28. The summed E-state index contributed by atoms with van der Waals surface area (Å²) in [7, 11) is 1.93. The van der Waals surface area contributed by atoms with Gasteiger partial charge >= 0.3 is 0 Å². The van der Waals surface area contributed by atoms with E-state index in [2.05, 4.69) is 17.1 Å². The Morgan fingerprint density at radius 1 is 1.16 bits per heavy atom. The van der Waals surface area contributed by atoms with E-state index < -0.39 is 0 Å². The van der Waals surface area contributed by atoms with Crippen LogP contribution in [0.4, 0.5) is 10.1 Å². The Morgan fingerprint density at radius 3 is 2.60 bits per heavy atom. The molecule has 0 aliphatic carbocycles. The molecule has 131 valence electrons. The van der Waals surface area contributed by atoms with Crippen molar-refractivity contribution in [2.45, 2.75) is 0 Å². The normalized spacial score (nSPS) is 12.4. The standard InChI is InChI=1S/C10H9FN2.C9H7N2.Ir/c1-12-6-7-13(8-12)10-4-2-9(11)3-5-10;1-2-4-9(5-3-1)11-7-6-10-8-11;/h2-4,6-8H,1H3;1-4,6-8H;/q-2;-1;. The minimum atomic E-state index is -0.264. The van der Waals surface area contributed by atoms with E-state index in [4.69, 9.17) is 0 Å². The van der Waals surface area contributed by atoms with Crippen molar-refractivity contribution in [1.82, 2.24) is 9.88 Å². The van der Waals surface area contributed by atoms with Gasteiger partial charge in [-0.05, 0) is 19.4 Å². The topological polar surface area (TPSA) is 23.2 Å². The van der Waals surface area contributed by atoms with Crippen molar-refractivity contribution in [2.24, 2.45) is 0 Å². The Balaban J connectivity index is 0.000000175. The summed E-state index contributed by atoms with van der Waals surface area (Å²) >= 11 is 0. The molecule has 1 aromatic heterocycles. The average molecular weight is 512 g/mol. The fourth-order valence-electron chi connectivity index (χ4n) is 2.10. The molecule has 6 heteroatoms. The quantitative estimate of drug-likeness (QED) is 0.391. The van der Waals surface area contributed by atoms with Gasteiger partial charge in [0.05, 0.1) is 6.20 Å². The molecule has 0 N–H and O–H groups in total. The monoisotopic (exact) mass is 512 g/mol. The molecule has 3 aromatic rings. The van der Waals surface area contributed by atoms with Crippen molar-refractivity contribution >= 4 is 5.69 Å². The summed E-state index contributed by atoms with van der Waals surface area (Å²) in [6.07, 6.45) is 9.21. The third-order valence-electron chi connectivity index (χ3n) is 3.28. The first-order valence-corrected chi connectivity index (χ1v) is 7.38. The number of benzene rings is 2. The van der Waals surface area contributed by atoms with Crippen LogP contribution in [0, 0.1) is 24.6 Å². The molecule has 2 heterocycles. The van der Waals surface area contributed by atoms with E-state index in [1.54, 1.807) is 18.6 Å². The Hall–Kier alpha value is -2.43. The molecule has 0 saturated carbocycles. The van der Waals surface area contributed by atoms with E-state index >= 15 is 0 Å². The Kier molecular flexibility index (Phi) is 6.92. The molecule has 4 rings (SSSR count). The fraction of sp³-hybridized carbons (Fsp3) is 0.0526. The number of aromatic nitrogens is 2. The zero-order valence-corrected chi connectivity index (χ0v) is 15.9. The van der Waals surface area contributed by atoms with Gasteiger partial charge in [0.2, 0.25) is 0 Å². The summed E-state index contributed by atoms with van der Waals surface area (Å²) in [5.41, 5.74) is 1.85. The van der Waals surface area contributed by atoms with Crippen molar-refractivity contribution in [1.29, 1.82) is 0 Å². The SMILES string of the molecule is CN1C=CN(c2[c-]cc(F)cc2)[CH-]1.[Ir].[c-]1ccccc1-[n+]1ccn[cH-]1. The second-order valence-electron chi connectivity index (χ2n) is 5.10. The minimum Gasteiger partial charge on any atom is -0.510 e. The molecule has 0 amide bonds. The molecular weight excluding hydrogens is 495 g/mol. The zero-order chi connectivity index (χ0) is 16.8. The number of anilines is 1. The second kappa shape index (κ2) is 9.16. The first-order valence-electron chi connectivity index (χ1n) is 7.38. The second-order valence-corrected chi connectivity index (χ2v) is 5.10. The predicted molar refractivity (Wildman–Crippen MR) is 89.1 cm³/mol. The molecule has 1 aliphatic heterocycles. The molecular formula is C19H16FIrN4-3. The Bertz CT molecular complexity index is 773. The van der Waals surface area contributed by atoms with Gasteiger partial charge in [0.1, 0.15) is 0 Å². The van der Waals surface area contributed by atoms with Crippen LogP contribution in [0.25, 0.3) is 5.69 Å². The third-order valence-corrected chi connectivity index (χ3v) is 3.28. The van der Waals surface area contributed by atoms with E-state index in [1.807, 2.05) is 70.9 Å². The van der Waals surface area contributed by atoms with Crippen LogP contribution in [0.15, 0.2) is 73.6 Å². The van der Waals surface area contributed by atoms with Crippen LogP contribution in [0.5, 0.6) is 0 Å². The molecule has 0 spiro atoms. The molecule has 0 fully saturated rings. The van der Waals surface area contributed by atoms with Crippen molar-refractivity contribution in [3.05, 3.63) is 98.2 Å². The molecule has 1 radical (unpaired) electrons. The first kappa shape index (κ1) is 18.9. The Labute approximate surface area is 160 Å². The summed E-state index contributed by atoms with van der Waals surface area (Å²) in [5.74, 6) is -0.264. The number of halogens is 1. The van der Waals surface area contributed by atoms with Crippen molar-refractivity contribution in [3.8, 4) is 5.69 Å². The fourth-order valence-corrected chi connectivity index (χ4v) is 2.10. The van der Waals surface area contributed by atoms with E-state index in [9.17, 15) is 4.39 Å². The van der Waals surface area contributed by atoms with E-state index in [-0.39, 0.29) is 25.9 Å². The number of rotatable bonds is 2. The van der Waals surface area contributed by atoms with Crippen LogP contribution in [0.2, 0.25) is 0 Å². The van der Waals surface area contributed by atoms with Crippen LogP contribution in [-0.2, 0) is 20.1 Å². The van der Waals surface area contributed by atoms with Gasteiger partial charge in [-0.1, -0.05) is 5.69 Å². The smallest absolute Gasteiger partial charge is 0.198 e. The zero-order valence-electron chi connectivity index (χ0n) is 13.5. The number of nitrogens with zero attached hydrogens (tertiary/aromatic N) is 4. The molecule has 0 saturated heterocycles. The van der Waals surface area contributed by atoms with Gasteiger partial charge in [0, 0.05) is 32.1 Å². The van der Waals surface area contributed by atoms with Gasteiger partial charge in [0.15, 0.2) is 6.33 Å². The molecule has 4 nitrogen and oxygen atoms in total. The summed E-state index contributed by atoms with van der Waals surface area (Å²) in [6.45, 7) is 1.89. The van der Waals surface area contributed by atoms with E-state index in [0.717, 1.165) is 11.4 Å². The number of imidazole rings is 1. The number of hydrogen-bond acceptors (Lipinski definition) is 3. The van der Waals surface area contributed by atoms with Gasteiger partial charge < -0.3 is 14.4 Å². The van der Waals surface area contributed by atoms with Crippen LogP contribution in [0.3, 0.4) is 0 Å². The average Bonchev–Trinajstić information content (AvgIpc) is 3.29. The van der Waals surface area contributed by atoms with Crippen LogP contribution < -0.4 is 9.47 Å². The molecule has 2 aromatic carbocycles. The minimum absolute atomic E-state index is 0. The van der Waals surface area contributed by atoms with Crippen LogP contribution in [0.1, 0.15) is 0 Å². The number of para-hydroxylation sites is 1. The summed E-state index contributed by atoms with van der Waals surface area (Å²) < 4.78 is 14.5. The molecule has 0 bridgehead atoms. The van der Waals surface area contributed by atoms with Crippen LogP contribution >= 0.6 is 0 Å². The molecule has 0 atom stereocenters. The molecule has 1 aliphatic rings. The maximum Gasteiger partial charge on any atom is 0.198 e. The first-order chi connectivity index (χ1) is 11.7. The van der Waals surface area contributed by atoms with Crippen LogP contribution in [-0.4, -0.2) is 16.9 Å². The van der Waals surface area contributed by atoms with Gasteiger partial charge in [0.25, 0.3) is 0 Å². The Morgan fingerprint density at radius 2 is 2.04 bits per heavy atom. The summed E-state index contributed by atoms with van der Waals surface area (Å²) in [5, 5.41) is 0. The molecule has 0 unspecified atom stereocenters. The van der Waals surface area contributed by atoms with Gasteiger partial charge in [-0.15, -0.1) is 23.9 Å². The van der Waals surface area contributed by atoms with Gasteiger partial charge in [-0.25, -0.2) is 0 Å². The van der Waals surface area contributed by atoms with Gasteiger partial charge in [-0.3, -0.25) is 4.39 Å². The maximum atomic E-state index is 12.6. The number of hydrogen-bond donors (Lipinski definition) is 0. The van der Waals surface area contributed by atoms with E-state index in [1.165, 1.54) is 12.1 Å². The summed E-state index contributed by atoms with van der Waals surface area (Å²) in [6, 6.07) is 18.2. The maximum absolute atomic E-state index is 12.6. The largest absolute Gasteiger partial charge is 0.510 e.